The molecule has 2 rings (SSSR count). The van der Waals surface area contributed by atoms with Gasteiger partial charge in [-0.1, -0.05) is 23.2 Å². The third kappa shape index (κ3) is 2.66. The van der Waals surface area contributed by atoms with Crippen molar-refractivity contribution >= 4 is 34.7 Å². The highest BCUT2D eigenvalue weighted by molar-refractivity contribution is 6.36. The van der Waals surface area contributed by atoms with Crippen molar-refractivity contribution in [3.05, 3.63) is 63.1 Å². The summed E-state index contributed by atoms with van der Waals surface area (Å²) in [5.41, 5.74) is 8.11. The third-order valence-corrected chi connectivity index (χ3v) is 3.10. The Morgan fingerprint density at radius 2 is 1.83 bits per heavy atom. The van der Waals surface area contributed by atoms with Crippen molar-refractivity contribution in [1.82, 2.24) is 0 Å². The molecule has 18 heavy (non-hydrogen) atoms. The van der Waals surface area contributed by atoms with Crippen molar-refractivity contribution in [2.75, 3.05) is 5.73 Å². The van der Waals surface area contributed by atoms with Gasteiger partial charge < -0.3 is 5.73 Å². The Morgan fingerprint density at radius 3 is 2.50 bits per heavy atom. The van der Waals surface area contributed by atoms with E-state index in [0.717, 1.165) is 5.56 Å². The first-order chi connectivity index (χ1) is 8.47. The minimum Gasteiger partial charge on any atom is -0.399 e. The molecule has 0 radical (unpaired) electrons. The normalized spacial score (nSPS) is 10.4. The van der Waals surface area contributed by atoms with Crippen molar-refractivity contribution in [2.24, 2.45) is 0 Å². The molecule has 0 aromatic heterocycles. The molecule has 0 bridgehead atoms. The fourth-order valence-electron chi connectivity index (χ4n) is 1.77. The molecule has 0 fully saturated rings. The summed E-state index contributed by atoms with van der Waals surface area (Å²) in [6.07, 6.45) is 0. The Balaban J connectivity index is 2.51. The average molecular weight is 280 g/mol. The molecule has 0 spiro atoms. The fraction of sp³-hybridized carbons (Fsp3) is 0.0714. The number of ketones is 1. The second-order valence-corrected chi connectivity index (χ2v) is 4.93. The van der Waals surface area contributed by atoms with Gasteiger partial charge in [-0.2, -0.15) is 0 Å². The molecule has 2 aromatic carbocycles. The summed E-state index contributed by atoms with van der Waals surface area (Å²) in [6, 6.07) is 10.0. The number of nitrogen functional groups attached to an aromatic ring is 1. The quantitative estimate of drug-likeness (QED) is 0.664. The predicted octanol–water partition coefficient (Wildman–Crippen LogP) is 4.12. The summed E-state index contributed by atoms with van der Waals surface area (Å²) in [5.74, 6) is -0.182. The van der Waals surface area contributed by atoms with E-state index in [1.54, 1.807) is 36.4 Å². The van der Waals surface area contributed by atoms with Crippen LogP contribution in [0.2, 0.25) is 10.0 Å². The Bertz CT molecular complexity index is 603. The zero-order valence-electron chi connectivity index (χ0n) is 9.71. The lowest BCUT2D eigenvalue weighted by molar-refractivity contribution is 0.103. The highest BCUT2D eigenvalue weighted by Crippen LogP contribution is 2.24. The van der Waals surface area contributed by atoms with Crippen LogP contribution in [0.3, 0.4) is 0 Å². The summed E-state index contributed by atoms with van der Waals surface area (Å²) in [4.78, 5) is 12.3. The Morgan fingerprint density at radius 1 is 1.11 bits per heavy atom. The van der Waals surface area contributed by atoms with Crippen LogP contribution in [0, 0.1) is 6.92 Å². The number of carbonyl (C=O) groups is 1. The van der Waals surface area contributed by atoms with Gasteiger partial charge >= 0.3 is 0 Å². The van der Waals surface area contributed by atoms with E-state index in [9.17, 15) is 4.79 Å². The standard InChI is InChI=1S/C14H11Cl2NO/c1-8-4-9(6-11(17)5-8)14(18)12-7-10(15)2-3-13(12)16/h2-7H,17H2,1H3. The van der Waals surface area contributed by atoms with E-state index in [-0.39, 0.29) is 5.78 Å². The molecule has 0 aliphatic rings. The van der Waals surface area contributed by atoms with Gasteiger partial charge in [0.25, 0.3) is 0 Å². The number of hydrogen-bond acceptors (Lipinski definition) is 2. The molecule has 0 aliphatic heterocycles. The van der Waals surface area contributed by atoms with Gasteiger partial charge in [-0.3, -0.25) is 4.79 Å². The minimum absolute atomic E-state index is 0.182. The van der Waals surface area contributed by atoms with Crippen LogP contribution in [-0.4, -0.2) is 5.78 Å². The minimum atomic E-state index is -0.182. The van der Waals surface area contributed by atoms with Crippen LogP contribution in [0.15, 0.2) is 36.4 Å². The molecule has 4 heteroatoms. The summed E-state index contributed by atoms with van der Waals surface area (Å²) < 4.78 is 0. The maximum Gasteiger partial charge on any atom is 0.194 e. The fourth-order valence-corrected chi connectivity index (χ4v) is 2.15. The van der Waals surface area contributed by atoms with Crippen molar-refractivity contribution in [1.29, 1.82) is 0 Å². The lowest BCUT2D eigenvalue weighted by atomic mass is 10.0. The third-order valence-electron chi connectivity index (χ3n) is 2.53. The molecule has 92 valence electrons. The maximum absolute atomic E-state index is 12.3. The zero-order valence-corrected chi connectivity index (χ0v) is 11.2. The SMILES string of the molecule is Cc1cc(N)cc(C(=O)c2cc(Cl)ccc2Cl)c1. The van der Waals surface area contributed by atoms with Crippen LogP contribution in [0.5, 0.6) is 0 Å². The van der Waals surface area contributed by atoms with E-state index in [4.69, 9.17) is 28.9 Å². The molecule has 0 heterocycles. The first-order valence-electron chi connectivity index (χ1n) is 5.34. The van der Waals surface area contributed by atoms with Gasteiger partial charge in [-0.25, -0.2) is 0 Å². The van der Waals surface area contributed by atoms with Crippen molar-refractivity contribution in [2.45, 2.75) is 6.92 Å². The van der Waals surface area contributed by atoms with E-state index in [1.807, 2.05) is 6.92 Å². The summed E-state index contributed by atoms with van der Waals surface area (Å²) >= 11 is 11.9. The Kier molecular flexibility index (Phi) is 3.60. The van der Waals surface area contributed by atoms with Crippen molar-refractivity contribution < 1.29 is 4.79 Å². The second-order valence-electron chi connectivity index (χ2n) is 4.09. The van der Waals surface area contributed by atoms with Crippen LogP contribution in [-0.2, 0) is 0 Å². The monoisotopic (exact) mass is 279 g/mol. The summed E-state index contributed by atoms with van der Waals surface area (Å²) in [6.45, 7) is 1.88. The summed E-state index contributed by atoms with van der Waals surface area (Å²) in [5, 5.41) is 0.854. The van der Waals surface area contributed by atoms with E-state index < -0.39 is 0 Å². The molecule has 0 unspecified atom stereocenters. The second kappa shape index (κ2) is 5.01. The van der Waals surface area contributed by atoms with Gasteiger partial charge in [0, 0.05) is 21.8 Å². The van der Waals surface area contributed by atoms with Crippen LogP contribution < -0.4 is 5.73 Å². The van der Waals surface area contributed by atoms with E-state index in [0.29, 0.717) is 26.9 Å². The van der Waals surface area contributed by atoms with Gasteiger partial charge in [0.05, 0.1) is 5.02 Å². The molecule has 2 aromatic rings. The molecule has 0 atom stereocenters. The molecular formula is C14H11Cl2NO. The topological polar surface area (TPSA) is 43.1 Å². The number of nitrogens with two attached hydrogens (primary N) is 1. The number of benzene rings is 2. The molecule has 0 aliphatic carbocycles. The largest absolute Gasteiger partial charge is 0.399 e. The van der Waals surface area contributed by atoms with Gasteiger partial charge in [0.15, 0.2) is 5.78 Å². The average Bonchev–Trinajstić information content (AvgIpc) is 2.30. The lowest BCUT2D eigenvalue weighted by Gasteiger charge is -2.06. The number of anilines is 1. The molecular weight excluding hydrogens is 269 g/mol. The maximum atomic E-state index is 12.3. The van der Waals surface area contributed by atoms with Crippen molar-refractivity contribution in [3.63, 3.8) is 0 Å². The number of rotatable bonds is 2. The van der Waals surface area contributed by atoms with Crippen LogP contribution in [0.1, 0.15) is 21.5 Å². The van der Waals surface area contributed by atoms with Gasteiger partial charge in [-0.15, -0.1) is 0 Å². The molecule has 0 saturated heterocycles. The molecule has 0 amide bonds. The first kappa shape index (κ1) is 12.9. The van der Waals surface area contributed by atoms with Crippen LogP contribution in [0.25, 0.3) is 0 Å². The summed E-state index contributed by atoms with van der Waals surface area (Å²) in [7, 11) is 0. The van der Waals surface area contributed by atoms with E-state index in [1.165, 1.54) is 0 Å². The highest BCUT2D eigenvalue weighted by atomic mass is 35.5. The highest BCUT2D eigenvalue weighted by Gasteiger charge is 2.14. The number of halogens is 2. The first-order valence-corrected chi connectivity index (χ1v) is 6.10. The number of aryl methyl sites for hydroxylation is 1. The predicted molar refractivity (Wildman–Crippen MR) is 75.5 cm³/mol. The number of carbonyl (C=O) groups excluding carboxylic acids is 1. The Hall–Kier alpha value is -1.51. The molecule has 2 N–H and O–H groups in total. The van der Waals surface area contributed by atoms with Gasteiger partial charge in [-0.05, 0) is 48.9 Å². The number of hydrogen-bond donors (Lipinski definition) is 1. The van der Waals surface area contributed by atoms with E-state index >= 15 is 0 Å². The van der Waals surface area contributed by atoms with Crippen LogP contribution >= 0.6 is 23.2 Å². The Labute approximate surface area is 115 Å². The zero-order chi connectivity index (χ0) is 13.3. The lowest BCUT2D eigenvalue weighted by Crippen LogP contribution is -2.03. The van der Waals surface area contributed by atoms with Crippen LogP contribution in [0.4, 0.5) is 5.69 Å². The van der Waals surface area contributed by atoms with Gasteiger partial charge in [0.1, 0.15) is 0 Å². The smallest absolute Gasteiger partial charge is 0.194 e. The van der Waals surface area contributed by atoms with Gasteiger partial charge in [0.2, 0.25) is 0 Å². The van der Waals surface area contributed by atoms with E-state index in [2.05, 4.69) is 0 Å². The van der Waals surface area contributed by atoms with Crippen molar-refractivity contribution in [3.8, 4) is 0 Å². The molecule has 2 nitrogen and oxygen atoms in total. The molecule has 0 saturated carbocycles.